The van der Waals surface area contributed by atoms with Crippen LogP contribution in [0.5, 0.6) is 0 Å². The average Bonchev–Trinajstić information content (AvgIpc) is 3.99. The summed E-state index contributed by atoms with van der Waals surface area (Å²) < 4.78 is 2.67. The zero-order valence-electron chi connectivity index (χ0n) is 37.4. The van der Waals surface area contributed by atoms with Crippen LogP contribution < -0.4 is 10.2 Å². The third-order valence-corrected chi connectivity index (χ3v) is 12.9. The maximum atomic E-state index is 10.7. The summed E-state index contributed by atoms with van der Waals surface area (Å²) in [5.41, 5.74) is 12.7. The van der Waals surface area contributed by atoms with Crippen molar-refractivity contribution in [3.8, 4) is 11.2 Å². The van der Waals surface area contributed by atoms with Gasteiger partial charge in [0.25, 0.3) is 0 Å². The second-order valence-electron chi connectivity index (χ2n) is 16.4. The molecule has 0 atom stereocenters. The molecule has 4 heterocycles. The monoisotopic (exact) mass is 858 g/mol. The summed E-state index contributed by atoms with van der Waals surface area (Å²) in [4.78, 5) is 18.7. The van der Waals surface area contributed by atoms with Crippen LogP contribution in [0.15, 0.2) is 78.0 Å². The number of rotatable bonds is 14. The first-order valence-electron chi connectivity index (χ1n) is 21.2. The van der Waals surface area contributed by atoms with E-state index in [1.165, 1.54) is 44.7 Å². The van der Waals surface area contributed by atoms with Gasteiger partial charge in [-0.05, 0) is 105 Å². The highest BCUT2D eigenvalue weighted by Crippen LogP contribution is 2.46. The molecule has 3 aromatic carbocycles. The quantitative estimate of drug-likeness (QED) is 0.108. The molecule has 0 bridgehead atoms. The van der Waals surface area contributed by atoms with Gasteiger partial charge in [0.05, 0.1) is 32.2 Å². The van der Waals surface area contributed by atoms with E-state index in [2.05, 4.69) is 95.3 Å². The van der Waals surface area contributed by atoms with Crippen molar-refractivity contribution >= 4 is 84.7 Å². The second-order valence-corrected chi connectivity index (χ2v) is 18.4. The first-order chi connectivity index (χ1) is 29.8. The van der Waals surface area contributed by atoms with E-state index in [1.807, 2.05) is 64.1 Å². The Bertz CT molecular complexity index is 2810. The van der Waals surface area contributed by atoms with Crippen molar-refractivity contribution in [3.05, 3.63) is 129 Å². The van der Waals surface area contributed by atoms with Crippen LogP contribution >= 0.6 is 22.7 Å². The molecular weight excluding hydrogens is 805 g/mol. The molecule has 0 radical (unpaired) electrons. The molecule has 7 aromatic rings. The smallest absolute Gasteiger partial charge is 0.213 e. The third kappa shape index (κ3) is 8.35. The molecule has 0 saturated carbocycles. The number of anilines is 5. The molecule has 0 amide bonds. The fourth-order valence-electron chi connectivity index (χ4n) is 7.85. The standard InChI is InChI=1S/C50H54N10S2/c1-13-32-23-29(7)24-33(14-2)43(32)55-46-42(56-57-47-36(28-51)45(50(10,11)12)58-60(47)49-53-38-21-19-20-22-40(38)62-49)31(9)27-41(54-46)59(48-52-37(17-5)39(18-6)61-48)44-34(15-3)25-30(8)26-35(44)16-4/h17-27H,5-6,13-16H2,1-4,7-12H3,(H,54,55). The lowest BCUT2D eigenvalue weighted by Gasteiger charge is -2.28. The molecule has 7 rings (SSSR count). The minimum Gasteiger partial charge on any atom is -0.338 e. The molecule has 12 heteroatoms. The summed E-state index contributed by atoms with van der Waals surface area (Å²) in [6, 6.07) is 21.4. The third-order valence-electron chi connectivity index (χ3n) is 10.9. The maximum Gasteiger partial charge on any atom is 0.213 e. The van der Waals surface area contributed by atoms with E-state index in [0.717, 1.165) is 68.5 Å². The van der Waals surface area contributed by atoms with Crippen LogP contribution in [0.4, 0.5) is 39.6 Å². The molecule has 0 aliphatic rings. The molecule has 0 spiro atoms. The summed E-state index contributed by atoms with van der Waals surface area (Å²) in [5.74, 6) is 1.51. The topological polar surface area (TPSA) is 120 Å². The predicted molar refractivity (Wildman–Crippen MR) is 261 cm³/mol. The Morgan fingerprint density at radius 2 is 1.45 bits per heavy atom. The van der Waals surface area contributed by atoms with Gasteiger partial charge in [0.1, 0.15) is 23.1 Å². The molecule has 0 fully saturated rings. The molecule has 4 aromatic heterocycles. The van der Waals surface area contributed by atoms with E-state index < -0.39 is 5.41 Å². The highest BCUT2D eigenvalue weighted by molar-refractivity contribution is 7.20. The van der Waals surface area contributed by atoms with Crippen LogP contribution in [0.2, 0.25) is 0 Å². The molecular formula is C50H54N10S2. The molecule has 0 saturated heterocycles. The number of aromatic nitrogens is 5. The molecule has 316 valence electrons. The van der Waals surface area contributed by atoms with Crippen molar-refractivity contribution in [1.29, 1.82) is 5.26 Å². The van der Waals surface area contributed by atoms with Crippen LogP contribution in [-0.2, 0) is 31.1 Å². The summed E-state index contributed by atoms with van der Waals surface area (Å²) in [6.45, 7) is 29.3. The van der Waals surface area contributed by atoms with Crippen LogP contribution in [0, 0.1) is 32.1 Å². The number of nitrogens with zero attached hydrogens (tertiary/aromatic N) is 9. The van der Waals surface area contributed by atoms with Gasteiger partial charge in [-0.3, -0.25) is 4.90 Å². The number of fused-ring (bicyclic) bond motifs is 1. The first kappa shape index (κ1) is 43.8. The Balaban J connectivity index is 1.52. The zero-order chi connectivity index (χ0) is 44.5. The Labute approximate surface area is 373 Å². The Morgan fingerprint density at radius 1 is 0.823 bits per heavy atom. The van der Waals surface area contributed by atoms with Crippen molar-refractivity contribution in [2.75, 3.05) is 10.2 Å². The van der Waals surface area contributed by atoms with Gasteiger partial charge in [0.15, 0.2) is 16.8 Å². The Morgan fingerprint density at radius 3 is 2.00 bits per heavy atom. The minimum absolute atomic E-state index is 0.308. The molecule has 0 aliphatic heterocycles. The summed E-state index contributed by atoms with van der Waals surface area (Å²) in [5, 5.41) is 30.8. The van der Waals surface area contributed by atoms with E-state index in [1.54, 1.807) is 22.1 Å². The van der Waals surface area contributed by atoms with Gasteiger partial charge < -0.3 is 5.32 Å². The Hall–Kier alpha value is -6.29. The molecule has 10 nitrogen and oxygen atoms in total. The SMILES string of the molecule is C=Cc1nc(N(c2cc(C)c(N=Nc3c(C#N)c(C(C)(C)C)nn3-c3nc4ccccc4s3)c(Nc3c(CC)cc(C)cc3CC)n2)c2c(CC)cc(C)cc2CC)sc1C=C. The molecule has 62 heavy (non-hydrogen) atoms. The van der Waals surface area contributed by atoms with Crippen molar-refractivity contribution in [2.24, 2.45) is 10.2 Å². The van der Waals surface area contributed by atoms with Crippen molar-refractivity contribution in [1.82, 2.24) is 24.7 Å². The highest BCUT2D eigenvalue weighted by Gasteiger charge is 2.30. The second kappa shape index (κ2) is 18.0. The van der Waals surface area contributed by atoms with E-state index in [0.29, 0.717) is 39.5 Å². The van der Waals surface area contributed by atoms with Gasteiger partial charge in [0, 0.05) is 11.1 Å². The van der Waals surface area contributed by atoms with E-state index in [9.17, 15) is 5.26 Å². The molecule has 0 unspecified atom stereocenters. The molecule has 1 N–H and O–H groups in total. The van der Waals surface area contributed by atoms with Gasteiger partial charge in [-0.2, -0.15) is 15.0 Å². The lowest BCUT2D eigenvalue weighted by atomic mass is 9.90. The number of nitrogens with one attached hydrogen (secondary N) is 1. The van der Waals surface area contributed by atoms with Gasteiger partial charge >= 0.3 is 0 Å². The minimum atomic E-state index is -0.456. The normalized spacial score (nSPS) is 11.7. The number of nitriles is 1. The fraction of sp³-hybridized carbons (Fsp3) is 0.300. The average molecular weight is 859 g/mol. The van der Waals surface area contributed by atoms with Gasteiger partial charge in [-0.25, -0.2) is 15.0 Å². The van der Waals surface area contributed by atoms with E-state index in [-0.39, 0.29) is 0 Å². The number of thiazole rings is 2. The first-order valence-corrected chi connectivity index (χ1v) is 22.8. The summed E-state index contributed by atoms with van der Waals surface area (Å²) in [6.07, 6.45) is 6.87. The van der Waals surface area contributed by atoms with Gasteiger partial charge in [-0.15, -0.1) is 10.2 Å². The maximum absolute atomic E-state index is 10.7. The predicted octanol–water partition coefficient (Wildman–Crippen LogP) is 14.6. The van der Waals surface area contributed by atoms with Gasteiger partial charge in [0.2, 0.25) is 5.13 Å². The number of para-hydroxylation sites is 1. The summed E-state index contributed by atoms with van der Waals surface area (Å²) >= 11 is 3.04. The molecule has 0 aliphatic carbocycles. The Kier molecular flexibility index (Phi) is 12.7. The van der Waals surface area contributed by atoms with Crippen molar-refractivity contribution < 1.29 is 0 Å². The number of hydrogen-bond donors (Lipinski definition) is 1. The number of hydrogen-bond acceptors (Lipinski definition) is 11. The van der Waals surface area contributed by atoms with Crippen molar-refractivity contribution in [3.63, 3.8) is 0 Å². The lowest BCUT2D eigenvalue weighted by Crippen LogP contribution is -2.17. The lowest BCUT2D eigenvalue weighted by molar-refractivity contribution is 0.559. The number of pyridine rings is 1. The van der Waals surface area contributed by atoms with Crippen LogP contribution in [0.25, 0.3) is 27.5 Å². The summed E-state index contributed by atoms with van der Waals surface area (Å²) in [7, 11) is 0. The highest BCUT2D eigenvalue weighted by atomic mass is 32.1. The van der Waals surface area contributed by atoms with Crippen LogP contribution in [0.1, 0.15) is 109 Å². The van der Waals surface area contributed by atoms with Gasteiger partial charge in [-0.1, -0.05) is 132 Å². The fourth-order valence-corrected chi connectivity index (χ4v) is 9.71. The van der Waals surface area contributed by atoms with Crippen LogP contribution in [0.3, 0.4) is 0 Å². The number of aryl methyl sites for hydroxylation is 7. The largest absolute Gasteiger partial charge is 0.338 e. The van der Waals surface area contributed by atoms with E-state index in [4.69, 9.17) is 30.3 Å². The van der Waals surface area contributed by atoms with E-state index >= 15 is 0 Å². The van der Waals surface area contributed by atoms with Crippen LogP contribution in [-0.4, -0.2) is 24.7 Å². The number of benzene rings is 3. The number of azo groups is 1. The van der Waals surface area contributed by atoms with Crippen molar-refractivity contribution in [2.45, 2.75) is 100 Å². The zero-order valence-corrected chi connectivity index (χ0v) is 39.1.